The molecule has 0 aromatic heterocycles. The van der Waals surface area contributed by atoms with E-state index in [0.29, 0.717) is 5.92 Å². The van der Waals surface area contributed by atoms with Crippen molar-refractivity contribution in [3.05, 3.63) is 0 Å². The van der Waals surface area contributed by atoms with E-state index in [2.05, 4.69) is 11.2 Å². The van der Waals surface area contributed by atoms with Crippen LogP contribution in [0.25, 0.3) is 0 Å². The highest BCUT2D eigenvalue weighted by molar-refractivity contribution is 5.97. The predicted octanol–water partition coefficient (Wildman–Crippen LogP) is 0.770. The van der Waals surface area contributed by atoms with Gasteiger partial charge in [-0.2, -0.15) is 0 Å². The van der Waals surface area contributed by atoms with Gasteiger partial charge in [-0.1, -0.05) is 19.8 Å². The summed E-state index contributed by atoms with van der Waals surface area (Å²) in [5, 5.41) is 2.87. The summed E-state index contributed by atoms with van der Waals surface area (Å²) in [5.41, 5.74) is 0. The van der Waals surface area contributed by atoms with Crippen LogP contribution < -0.4 is 5.32 Å². The summed E-state index contributed by atoms with van der Waals surface area (Å²) < 4.78 is 0. The zero-order valence-corrected chi connectivity index (χ0v) is 11.1. The molecule has 2 amide bonds. The van der Waals surface area contributed by atoms with E-state index < -0.39 is 6.04 Å². The van der Waals surface area contributed by atoms with Crippen molar-refractivity contribution in [2.45, 2.75) is 51.7 Å². The number of nitrogens with one attached hydrogen (secondary N) is 1. The summed E-state index contributed by atoms with van der Waals surface area (Å²) in [4.78, 5) is 26.3. The molecule has 3 unspecified atom stereocenters. The van der Waals surface area contributed by atoms with Crippen LogP contribution in [0.1, 0.15) is 33.6 Å². The Morgan fingerprint density at radius 3 is 2.39 bits per heavy atom. The number of carbonyl (C=O) groups is 2. The molecule has 0 bridgehead atoms. The molecule has 18 heavy (non-hydrogen) atoms. The Bertz CT molecular complexity index is 407. The summed E-state index contributed by atoms with van der Waals surface area (Å²) in [7, 11) is 0. The lowest BCUT2D eigenvalue weighted by Crippen LogP contribution is -2.67. The second-order valence-electron chi connectivity index (χ2n) is 5.60. The van der Waals surface area contributed by atoms with E-state index >= 15 is 0 Å². The Kier molecular flexibility index (Phi) is 3.34. The van der Waals surface area contributed by atoms with Crippen LogP contribution in [0.3, 0.4) is 0 Å². The SMILES string of the molecule is C#CC(C)N1C(=O)C(C2CC2)NC(=O)C1C(C)C. The number of piperazine rings is 1. The minimum Gasteiger partial charge on any atom is -0.342 e. The summed E-state index contributed by atoms with van der Waals surface area (Å²) >= 11 is 0. The number of nitrogens with zero attached hydrogens (tertiary/aromatic N) is 1. The molecule has 98 valence electrons. The normalized spacial score (nSPS) is 30.1. The van der Waals surface area contributed by atoms with E-state index in [-0.39, 0.29) is 29.8 Å². The van der Waals surface area contributed by atoms with Crippen molar-refractivity contribution in [3.8, 4) is 12.3 Å². The predicted molar refractivity (Wildman–Crippen MR) is 68.4 cm³/mol. The Balaban J connectivity index is 2.29. The van der Waals surface area contributed by atoms with E-state index in [0.717, 1.165) is 12.8 Å². The lowest BCUT2D eigenvalue weighted by molar-refractivity contribution is -0.153. The fourth-order valence-corrected chi connectivity index (χ4v) is 2.61. The van der Waals surface area contributed by atoms with Crippen molar-refractivity contribution >= 4 is 11.8 Å². The van der Waals surface area contributed by atoms with Crippen LogP contribution in [0.15, 0.2) is 0 Å². The first kappa shape index (κ1) is 12.9. The fourth-order valence-electron chi connectivity index (χ4n) is 2.61. The van der Waals surface area contributed by atoms with Crippen molar-refractivity contribution < 1.29 is 9.59 Å². The molecule has 4 nitrogen and oxygen atoms in total. The Morgan fingerprint density at radius 1 is 1.33 bits per heavy atom. The molecule has 0 aromatic rings. The van der Waals surface area contributed by atoms with E-state index in [4.69, 9.17) is 6.42 Å². The zero-order valence-electron chi connectivity index (χ0n) is 11.1. The molecule has 1 aliphatic heterocycles. The number of amides is 2. The van der Waals surface area contributed by atoms with Gasteiger partial charge in [-0.25, -0.2) is 0 Å². The smallest absolute Gasteiger partial charge is 0.247 e. The monoisotopic (exact) mass is 248 g/mol. The molecule has 2 aliphatic rings. The number of hydrogen-bond donors (Lipinski definition) is 1. The highest BCUT2D eigenvalue weighted by Crippen LogP contribution is 2.36. The van der Waals surface area contributed by atoms with Crippen molar-refractivity contribution in [3.63, 3.8) is 0 Å². The second-order valence-corrected chi connectivity index (χ2v) is 5.60. The largest absolute Gasteiger partial charge is 0.342 e. The lowest BCUT2D eigenvalue weighted by atomic mass is 9.94. The number of terminal acetylenes is 1. The quantitative estimate of drug-likeness (QED) is 0.750. The van der Waals surface area contributed by atoms with Crippen LogP contribution in [0.5, 0.6) is 0 Å². The van der Waals surface area contributed by atoms with Gasteiger partial charge >= 0.3 is 0 Å². The topological polar surface area (TPSA) is 49.4 Å². The highest BCUT2D eigenvalue weighted by Gasteiger charge is 2.48. The van der Waals surface area contributed by atoms with Crippen molar-refractivity contribution in [2.75, 3.05) is 0 Å². The Hall–Kier alpha value is -1.50. The number of rotatable bonds is 3. The zero-order chi connectivity index (χ0) is 13.4. The van der Waals surface area contributed by atoms with Gasteiger partial charge in [0.05, 0.1) is 6.04 Å². The van der Waals surface area contributed by atoms with Crippen LogP contribution >= 0.6 is 0 Å². The maximum absolute atomic E-state index is 12.5. The Morgan fingerprint density at radius 2 is 1.94 bits per heavy atom. The van der Waals surface area contributed by atoms with Crippen LogP contribution in [0.4, 0.5) is 0 Å². The van der Waals surface area contributed by atoms with Crippen LogP contribution in [-0.2, 0) is 9.59 Å². The molecule has 4 heteroatoms. The molecule has 2 fully saturated rings. The lowest BCUT2D eigenvalue weighted by Gasteiger charge is -2.42. The van der Waals surface area contributed by atoms with E-state index in [9.17, 15) is 9.59 Å². The first-order chi connectivity index (χ1) is 8.47. The standard InChI is InChI=1S/C14H20N2O2/c1-5-9(4)16-12(8(2)3)13(17)15-11(14(16)18)10-6-7-10/h1,8-12H,6-7H2,2-4H3,(H,15,17). The van der Waals surface area contributed by atoms with Gasteiger partial charge in [0, 0.05) is 0 Å². The first-order valence-electron chi connectivity index (χ1n) is 6.56. The summed E-state index contributed by atoms with van der Waals surface area (Å²) in [5.74, 6) is 2.86. The minimum atomic E-state index is -0.446. The third-order valence-corrected chi connectivity index (χ3v) is 3.77. The maximum atomic E-state index is 12.5. The molecular weight excluding hydrogens is 228 g/mol. The average molecular weight is 248 g/mol. The van der Waals surface area contributed by atoms with E-state index in [1.54, 1.807) is 11.8 Å². The van der Waals surface area contributed by atoms with Crippen LogP contribution in [-0.4, -0.2) is 34.8 Å². The third kappa shape index (κ3) is 2.10. The molecule has 0 aromatic carbocycles. The average Bonchev–Trinajstić information content (AvgIpc) is 3.13. The minimum absolute atomic E-state index is 0.0127. The van der Waals surface area contributed by atoms with Gasteiger partial charge in [0.25, 0.3) is 0 Å². The molecule has 1 N–H and O–H groups in total. The summed E-state index contributed by atoms with van der Waals surface area (Å²) in [6.45, 7) is 5.67. The molecule has 1 saturated heterocycles. The summed E-state index contributed by atoms with van der Waals surface area (Å²) in [6, 6.07) is -1.14. The van der Waals surface area contributed by atoms with E-state index in [1.165, 1.54) is 0 Å². The maximum Gasteiger partial charge on any atom is 0.247 e. The van der Waals surface area contributed by atoms with Crippen LogP contribution in [0.2, 0.25) is 0 Å². The molecular formula is C14H20N2O2. The second kappa shape index (κ2) is 4.64. The van der Waals surface area contributed by atoms with Crippen molar-refractivity contribution in [1.82, 2.24) is 10.2 Å². The molecule has 0 radical (unpaired) electrons. The number of carbonyl (C=O) groups excluding carboxylic acids is 2. The van der Waals surface area contributed by atoms with Crippen molar-refractivity contribution in [1.29, 1.82) is 0 Å². The molecule has 0 spiro atoms. The van der Waals surface area contributed by atoms with Gasteiger partial charge < -0.3 is 10.2 Å². The Labute approximate surface area is 108 Å². The first-order valence-corrected chi connectivity index (χ1v) is 6.56. The van der Waals surface area contributed by atoms with E-state index in [1.807, 2.05) is 13.8 Å². The van der Waals surface area contributed by atoms with Crippen molar-refractivity contribution in [2.24, 2.45) is 11.8 Å². The van der Waals surface area contributed by atoms with Crippen LogP contribution in [0, 0.1) is 24.2 Å². The highest BCUT2D eigenvalue weighted by atomic mass is 16.2. The number of hydrogen-bond acceptors (Lipinski definition) is 2. The van der Waals surface area contributed by atoms with Gasteiger partial charge in [-0.15, -0.1) is 6.42 Å². The summed E-state index contributed by atoms with van der Waals surface area (Å²) in [6.07, 6.45) is 7.46. The van der Waals surface area contributed by atoms with Gasteiger partial charge in [-0.05, 0) is 31.6 Å². The third-order valence-electron chi connectivity index (χ3n) is 3.77. The van der Waals surface area contributed by atoms with Gasteiger partial charge in [0.2, 0.25) is 11.8 Å². The molecule has 3 atom stereocenters. The van der Waals surface area contributed by atoms with Gasteiger partial charge in [-0.3, -0.25) is 9.59 Å². The molecule has 2 rings (SSSR count). The molecule has 1 heterocycles. The molecule has 1 saturated carbocycles. The molecule has 1 aliphatic carbocycles. The van der Waals surface area contributed by atoms with Gasteiger partial charge in [0.15, 0.2) is 0 Å². The van der Waals surface area contributed by atoms with Gasteiger partial charge in [0.1, 0.15) is 12.1 Å². The fraction of sp³-hybridized carbons (Fsp3) is 0.714.